The minimum absolute atomic E-state index is 0.735. The van der Waals surface area contributed by atoms with Gasteiger partial charge in [-0.15, -0.1) is 0 Å². The summed E-state index contributed by atoms with van der Waals surface area (Å²) in [4.78, 5) is 6.90. The van der Waals surface area contributed by atoms with Crippen LogP contribution in [-0.2, 0) is 0 Å². The zero-order valence-electron chi connectivity index (χ0n) is 10.3. The summed E-state index contributed by atoms with van der Waals surface area (Å²) in [6, 6.07) is 7.68. The first-order valence-corrected chi connectivity index (χ1v) is 6.28. The highest BCUT2D eigenvalue weighted by atomic mass is 35.5. The second-order valence-electron chi connectivity index (χ2n) is 4.51. The fourth-order valence-corrected chi connectivity index (χ4v) is 2.13. The third-order valence-corrected chi connectivity index (χ3v) is 2.85. The maximum Gasteiger partial charge on any atom is 0.109 e. The van der Waals surface area contributed by atoms with Gasteiger partial charge in [-0.2, -0.15) is 0 Å². The highest BCUT2D eigenvalue weighted by Crippen LogP contribution is 2.22. The Balaban J connectivity index is 2.24. The molecule has 0 atom stereocenters. The zero-order valence-corrected chi connectivity index (χ0v) is 11.0. The first-order valence-electron chi connectivity index (χ1n) is 5.90. The lowest BCUT2D eigenvalue weighted by Crippen LogP contribution is -2.18. The number of hydrogen-bond acceptors (Lipinski definition) is 1. The molecule has 17 heavy (non-hydrogen) atoms. The van der Waals surface area contributed by atoms with E-state index in [0.717, 1.165) is 29.5 Å². The van der Waals surface area contributed by atoms with Gasteiger partial charge in [0.1, 0.15) is 5.84 Å². The summed E-state index contributed by atoms with van der Waals surface area (Å²) in [6.07, 6.45) is 4.37. The van der Waals surface area contributed by atoms with E-state index in [2.05, 4.69) is 29.9 Å². The van der Waals surface area contributed by atoms with Crippen LogP contribution in [0.4, 0.5) is 5.69 Å². The predicted octanol–water partition coefficient (Wildman–Crippen LogP) is 4.39. The second kappa shape index (κ2) is 5.37. The van der Waals surface area contributed by atoms with Crippen LogP contribution in [0.3, 0.4) is 0 Å². The fourth-order valence-electron chi connectivity index (χ4n) is 1.95. The number of aliphatic imine (C=N–C) groups is 1. The minimum Gasteiger partial charge on any atom is -0.337 e. The quantitative estimate of drug-likeness (QED) is 0.758. The normalized spacial score (nSPS) is 17.6. The van der Waals surface area contributed by atoms with Crippen molar-refractivity contribution >= 4 is 23.1 Å². The van der Waals surface area contributed by atoms with Gasteiger partial charge >= 0.3 is 0 Å². The van der Waals surface area contributed by atoms with Crippen LogP contribution in [0.2, 0.25) is 5.02 Å². The van der Waals surface area contributed by atoms with Gasteiger partial charge in [-0.3, -0.25) is 0 Å². The van der Waals surface area contributed by atoms with E-state index in [1.165, 1.54) is 12.0 Å². The van der Waals surface area contributed by atoms with E-state index in [1.807, 2.05) is 24.3 Å². The third-order valence-electron chi connectivity index (χ3n) is 2.61. The smallest absolute Gasteiger partial charge is 0.109 e. The molecule has 2 nitrogen and oxygen atoms in total. The van der Waals surface area contributed by atoms with Gasteiger partial charge < -0.3 is 4.90 Å². The Labute approximate surface area is 108 Å². The van der Waals surface area contributed by atoms with Gasteiger partial charge in [-0.1, -0.05) is 23.2 Å². The largest absolute Gasteiger partial charge is 0.337 e. The molecule has 0 aliphatic carbocycles. The van der Waals surface area contributed by atoms with Crippen molar-refractivity contribution < 1.29 is 0 Å². The van der Waals surface area contributed by atoms with Crippen molar-refractivity contribution in [3.63, 3.8) is 0 Å². The first kappa shape index (κ1) is 12.2. The van der Waals surface area contributed by atoms with Crippen molar-refractivity contribution in [2.45, 2.75) is 26.7 Å². The Morgan fingerprint density at radius 1 is 1.41 bits per heavy atom. The number of halogens is 1. The van der Waals surface area contributed by atoms with E-state index in [4.69, 9.17) is 11.6 Å². The SMILES string of the molecule is CC(C)=CN1CCCC1=Nc1cccc(Cl)c1. The van der Waals surface area contributed by atoms with Crippen molar-refractivity contribution in [3.05, 3.63) is 41.1 Å². The van der Waals surface area contributed by atoms with Gasteiger partial charge in [0.2, 0.25) is 0 Å². The van der Waals surface area contributed by atoms with Crippen molar-refractivity contribution in [2.75, 3.05) is 6.54 Å². The summed E-state index contributed by atoms with van der Waals surface area (Å²) in [5.74, 6) is 1.13. The Hall–Kier alpha value is -1.28. The number of benzene rings is 1. The van der Waals surface area contributed by atoms with Crippen LogP contribution >= 0.6 is 11.6 Å². The van der Waals surface area contributed by atoms with Crippen molar-refractivity contribution in [1.29, 1.82) is 0 Å². The molecular formula is C14H17ClN2. The van der Waals surface area contributed by atoms with Crippen LogP contribution in [-0.4, -0.2) is 17.3 Å². The molecular weight excluding hydrogens is 232 g/mol. The molecule has 2 rings (SSSR count). The zero-order chi connectivity index (χ0) is 12.3. The topological polar surface area (TPSA) is 15.6 Å². The maximum absolute atomic E-state index is 5.96. The molecule has 0 aromatic heterocycles. The molecule has 90 valence electrons. The van der Waals surface area contributed by atoms with Gasteiger partial charge in [0.25, 0.3) is 0 Å². The lowest BCUT2D eigenvalue weighted by molar-refractivity contribution is 0.598. The van der Waals surface area contributed by atoms with Crippen LogP contribution in [0, 0.1) is 0 Å². The van der Waals surface area contributed by atoms with E-state index in [1.54, 1.807) is 0 Å². The van der Waals surface area contributed by atoms with E-state index in [0.29, 0.717) is 0 Å². The highest BCUT2D eigenvalue weighted by molar-refractivity contribution is 6.30. The van der Waals surface area contributed by atoms with E-state index < -0.39 is 0 Å². The van der Waals surface area contributed by atoms with Gasteiger partial charge in [0.15, 0.2) is 0 Å². The van der Waals surface area contributed by atoms with E-state index >= 15 is 0 Å². The minimum atomic E-state index is 0.735. The van der Waals surface area contributed by atoms with E-state index in [-0.39, 0.29) is 0 Å². The van der Waals surface area contributed by atoms with Gasteiger partial charge in [-0.05, 0) is 38.5 Å². The van der Waals surface area contributed by atoms with Gasteiger partial charge in [0.05, 0.1) is 5.69 Å². The molecule has 0 amide bonds. The summed E-state index contributed by atoms with van der Waals surface area (Å²) in [6.45, 7) is 5.27. The molecule has 1 aromatic carbocycles. The van der Waals surface area contributed by atoms with Crippen molar-refractivity contribution in [1.82, 2.24) is 4.90 Å². The summed E-state index contributed by atoms with van der Waals surface area (Å²) in [7, 11) is 0. The molecule has 1 aliphatic heterocycles. The average molecular weight is 249 g/mol. The number of allylic oxidation sites excluding steroid dienone is 1. The lowest BCUT2D eigenvalue weighted by Gasteiger charge is -2.14. The molecule has 1 heterocycles. The molecule has 3 heteroatoms. The van der Waals surface area contributed by atoms with Gasteiger partial charge in [-0.25, -0.2) is 4.99 Å². The predicted molar refractivity (Wildman–Crippen MR) is 73.9 cm³/mol. The van der Waals surface area contributed by atoms with Crippen molar-refractivity contribution in [3.8, 4) is 0 Å². The monoisotopic (exact) mass is 248 g/mol. The highest BCUT2D eigenvalue weighted by Gasteiger charge is 2.16. The summed E-state index contributed by atoms with van der Waals surface area (Å²) < 4.78 is 0. The molecule has 1 aromatic rings. The average Bonchev–Trinajstić information content (AvgIpc) is 2.65. The van der Waals surface area contributed by atoms with Gasteiger partial charge in [0, 0.05) is 24.2 Å². The molecule has 0 unspecified atom stereocenters. The molecule has 0 N–H and O–H groups in total. The number of amidine groups is 1. The Kier molecular flexibility index (Phi) is 3.85. The first-order chi connectivity index (χ1) is 8.15. The second-order valence-corrected chi connectivity index (χ2v) is 4.95. The molecule has 0 spiro atoms. The Morgan fingerprint density at radius 3 is 2.94 bits per heavy atom. The summed E-state index contributed by atoms with van der Waals surface area (Å²) >= 11 is 5.96. The molecule has 0 radical (unpaired) electrons. The number of nitrogens with zero attached hydrogens (tertiary/aromatic N) is 2. The number of rotatable bonds is 2. The van der Waals surface area contributed by atoms with Crippen LogP contribution < -0.4 is 0 Å². The molecule has 1 saturated heterocycles. The van der Waals surface area contributed by atoms with E-state index in [9.17, 15) is 0 Å². The number of likely N-dealkylation sites (tertiary alicyclic amines) is 1. The Bertz CT molecular complexity index is 459. The standard InChI is InChI=1S/C14H17ClN2/c1-11(2)10-17-8-4-7-14(17)16-13-6-3-5-12(15)9-13/h3,5-6,9-10H,4,7-8H2,1-2H3. The molecule has 1 fully saturated rings. The number of hydrogen-bond donors (Lipinski definition) is 0. The summed E-state index contributed by atoms with van der Waals surface area (Å²) in [5, 5.41) is 0.735. The fraction of sp³-hybridized carbons (Fsp3) is 0.357. The Morgan fingerprint density at radius 2 is 2.24 bits per heavy atom. The van der Waals surface area contributed by atoms with Crippen LogP contribution in [0.15, 0.2) is 41.0 Å². The molecule has 1 aliphatic rings. The third kappa shape index (κ3) is 3.34. The van der Waals surface area contributed by atoms with Crippen LogP contribution in [0.5, 0.6) is 0 Å². The summed E-state index contributed by atoms with van der Waals surface area (Å²) in [5.41, 5.74) is 2.23. The van der Waals surface area contributed by atoms with Crippen molar-refractivity contribution in [2.24, 2.45) is 4.99 Å². The molecule has 0 bridgehead atoms. The molecule has 0 saturated carbocycles. The van der Waals surface area contributed by atoms with Crippen LogP contribution in [0.25, 0.3) is 0 Å². The lowest BCUT2D eigenvalue weighted by atomic mass is 10.3. The van der Waals surface area contributed by atoms with Crippen LogP contribution in [0.1, 0.15) is 26.7 Å². The maximum atomic E-state index is 5.96.